The van der Waals surface area contributed by atoms with Gasteiger partial charge in [-0.25, -0.2) is 13.4 Å². The fourth-order valence-corrected chi connectivity index (χ4v) is 2.94. The number of sulfone groups is 1. The number of aromatic nitrogens is 1. The van der Waals surface area contributed by atoms with Crippen LogP contribution in [0, 0.1) is 11.3 Å². The number of nitrogens with one attached hydrogen (secondary N) is 1. The Morgan fingerprint density at radius 1 is 1.24 bits per heavy atom. The standard InChI is InChI=1S/C15H9ClF3N3O2S/c16-11-1-3-12(4-2-11)25(23,24)13(8-20)9-22-14-7-10(5-6-21-14)15(17,18)19/h1-7,9H,(H,21,22). The molecule has 0 saturated heterocycles. The molecule has 0 unspecified atom stereocenters. The molecule has 10 heteroatoms. The Labute approximate surface area is 146 Å². The van der Waals surface area contributed by atoms with Crippen LogP contribution in [0.15, 0.2) is 58.6 Å². The van der Waals surface area contributed by atoms with Crippen molar-refractivity contribution in [2.75, 3.05) is 5.32 Å². The number of alkyl halides is 3. The van der Waals surface area contributed by atoms with Crippen molar-refractivity contribution >= 4 is 27.3 Å². The van der Waals surface area contributed by atoms with E-state index in [-0.39, 0.29) is 10.7 Å². The van der Waals surface area contributed by atoms with Gasteiger partial charge >= 0.3 is 6.18 Å². The zero-order chi connectivity index (χ0) is 18.7. The molecule has 0 saturated carbocycles. The third kappa shape index (κ3) is 4.49. The minimum absolute atomic E-state index is 0.177. The number of pyridine rings is 1. The summed E-state index contributed by atoms with van der Waals surface area (Å²) in [5, 5.41) is 11.7. The van der Waals surface area contributed by atoms with E-state index in [0.29, 0.717) is 11.1 Å². The van der Waals surface area contributed by atoms with Gasteiger partial charge in [0.25, 0.3) is 0 Å². The maximum Gasteiger partial charge on any atom is 0.416 e. The first-order valence-corrected chi connectivity index (χ1v) is 8.41. The molecule has 0 aliphatic rings. The highest BCUT2D eigenvalue weighted by atomic mass is 35.5. The summed E-state index contributed by atoms with van der Waals surface area (Å²) < 4.78 is 62.6. The minimum atomic E-state index is -4.57. The van der Waals surface area contributed by atoms with Gasteiger partial charge in [-0.15, -0.1) is 0 Å². The Morgan fingerprint density at radius 3 is 2.44 bits per heavy atom. The van der Waals surface area contributed by atoms with Crippen molar-refractivity contribution in [1.82, 2.24) is 4.98 Å². The summed E-state index contributed by atoms with van der Waals surface area (Å²) in [5.74, 6) is -0.256. The van der Waals surface area contributed by atoms with Crippen LogP contribution in [0.25, 0.3) is 0 Å². The van der Waals surface area contributed by atoms with Crippen molar-refractivity contribution in [3.8, 4) is 6.07 Å². The van der Waals surface area contributed by atoms with Gasteiger partial charge in [-0.2, -0.15) is 18.4 Å². The van der Waals surface area contributed by atoms with Crippen LogP contribution in [0.3, 0.4) is 0 Å². The van der Waals surface area contributed by atoms with Crippen LogP contribution in [-0.2, 0) is 16.0 Å². The van der Waals surface area contributed by atoms with Gasteiger partial charge in [0.15, 0.2) is 4.91 Å². The monoisotopic (exact) mass is 387 g/mol. The van der Waals surface area contributed by atoms with Crippen LogP contribution in [0.1, 0.15) is 5.56 Å². The summed E-state index contributed by atoms with van der Waals surface area (Å²) in [7, 11) is -4.15. The van der Waals surface area contributed by atoms with Gasteiger partial charge in [-0.05, 0) is 36.4 Å². The molecule has 0 atom stereocenters. The average molecular weight is 388 g/mol. The van der Waals surface area contributed by atoms with E-state index in [1.165, 1.54) is 30.3 Å². The first-order chi connectivity index (χ1) is 11.6. The van der Waals surface area contributed by atoms with E-state index in [9.17, 15) is 21.6 Å². The molecule has 0 amide bonds. The van der Waals surface area contributed by atoms with Crippen molar-refractivity contribution in [1.29, 1.82) is 5.26 Å². The van der Waals surface area contributed by atoms with Crippen LogP contribution < -0.4 is 5.32 Å². The second-order valence-corrected chi connectivity index (χ2v) is 7.00. The Bertz CT molecular complexity index is 949. The van der Waals surface area contributed by atoms with E-state index in [1.54, 1.807) is 0 Å². The smallest absolute Gasteiger partial charge is 0.345 e. The van der Waals surface area contributed by atoms with Crippen molar-refractivity contribution in [3.63, 3.8) is 0 Å². The molecule has 0 aliphatic carbocycles. The fraction of sp³-hybridized carbons (Fsp3) is 0.0667. The molecule has 5 nitrogen and oxygen atoms in total. The van der Waals surface area contributed by atoms with E-state index < -0.39 is 26.5 Å². The van der Waals surface area contributed by atoms with E-state index in [1.807, 2.05) is 0 Å². The van der Waals surface area contributed by atoms with Crippen LogP contribution in [0.5, 0.6) is 0 Å². The van der Waals surface area contributed by atoms with Crippen LogP contribution in [0.4, 0.5) is 19.0 Å². The molecule has 1 aromatic heterocycles. The molecule has 0 bridgehead atoms. The number of nitriles is 1. The average Bonchev–Trinajstić information content (AvgIpc) is 2.55. The lowest BCUT2D eigenvalue weighted by atomic mass is 10.2. The lowest BCUT2D eigenvalue weighted by Gasteiger charge is -2.08. The number of hydrogen-bond donors (Lipinski definition) is 1. The summed E-state index contributed by atoms with van der Waals surface area (Å²) >= 11 is 5.68. The van der Waals surface area contributed by atoms with E-state index in [0.717, 1.165) is 18.5 Å². The highest BCUT2D eigenvalue weighted by Crippen LogP contribution is 2.30. The van der Waals surface area contributed by atoms with E-state index >= 15 is 0 Å². The predicted molar refractivity (Wildman–Crippen MR) is 85.2 cm³/mol. The lowest BCUT2D eigenvalue weighted by molar-refractivity contribution is -0.137. The number of anilines is 1. The summed E-state index contributed by atoms with van der Waals surface area (Å²) in [6, 6.07) is 8.07. The van der Waals surface area contributed by atoms with Crippen LogP contribution in [0.2, 0.25) is 5.02 Å². The second-order valence-electron chi connectivity index (χ2n) is 4.65. The molecule has 1 aromatic carbocycles. The molecule has 1 heterocycles. The maximum atomic E-state index is 12.6. The van der Waals surface area contributed by atoms with Crippen molar-refractivity contribution in [2.45, 2.75) is 11.1 Å². The highest BCUT2D eigenvalue weighted by molar-refractivity contribution is 7.95. The molecule has 130 valence electrons. The molecule has 2 aromatic rings. The Kier molecular flexibility index (Phi) is 5.35. The number of hydrogen-bond acceptors (Lipinski definition) is 5. The number of rotatable bonds is 4. The third-order valence-corrected chi connectivity index (χ3v) is 4.89. The zero-order valence-electron chi connectivity index (χ0n) is 12.2. The van der Waals surface area contributed by atoms with E-state index in [2.05, 4.69) is 10.3 Å². The largest absolute Gasteiger partial charge is 0.416 e. The molecule has 0 spiro atoms. The van der Waals surface area contributed by atoms with E-state index in [4.69, 9.17) is 16.9 Å². The third-order valence-electron chi connectivity index (χ3n) is 2.96. The first kappa shape index (κ1) is 18.8. The SMILES string of the molecule is N#CC(=CNc1cc(C(F)(F)F)ccn1)S(=O)(=O)c1ccc(Cl)cc1. The lowest BCUT2D eigenvalue weighted by Crippen LogP contribution is -2.08. The minimum Gasteiger partial charge on any atom is -0.345 e. The van der Waals surface area contributed by atoms with Crippen LogP contribution in [-0.4, -0.2) is 13.4 Å². The molecule has 25 heavy (non-hydrogen) atoms. The van der Waals surface area contributed by atoms with Gasteiger partial charge in [-0.1, -0.05) is 11.6 Å². The van der Waals surface area contributed by atoms with Gasteiger partial charge in [0.2, 0.25) is 9.84 Å². The summed E-state index contributed by atoms with van der Waals surface area (Å²) in [6.45, 7) is 0. The van der Waals surface area contributed by atoms with Crippen molar-refractivity contribution in [3.05, 3.63) is 64.3 Å². The number of halogens is 4. The number of allylic oxidation sites excluding steroid dienone is 1. The van der Waals surface area contributed by atoms with Gasteiger partial charge in [0, 0.05) is 17.4 Å². The van der Waals surface area contributed by atoms with Gasteiger partial charge in [0.1, 0.15) is 11.9 Å². The topological polar surface area (TPSA) is 82.8 Å². The molecular weight excluding hydrogens is 379 g/mol. The molecule has 0 aliphatic heterocycles. The molecule has 2 rings (SSSR count). The second kappa shape index (κ2) is 7.13. The zero-order valence-corrected chi connectivity index (χ0v) is 13.8. The van der Waals surface area contributed by atoms with Crippen molar-refractivity contribution in [2.24, 2.45) is 0 Å². The summed E-state index contributed by atoms with van der Waals surface area (Å²) in [4.78, 5) is 2.78. The highest BCUT2D eigenvalue weighted by Gasteiger charge is 2.30. The van der Waals surface area contributed by atoms with Gasteiger partial charge in [-0.3, -0.25) is 0 Å². The first-order valence-electron chi connectivity index (χ1n) is 6.55. The Morgan fingerprint density at radius 2 is 1.88 bits per heavy atom. The number of benzene rings is 1. The maximum absolute atomic E-state index is 12.6. The van der Waals surface area contributed by atoms with Crippen molar-refractivity contribution < 1.29 is 21.6 Å². The number of nitrogens with zero attached hydrogens (tertiary/aromatic N) is 2. The fourth-order valence-electron chi connectivity index (χ4n) is 1.74. The molecule has 1 N–H and O–H groups in total. The Hall–Kier alpha value is -2.57. The molecule has 0 radical (unpaired) electrons. The normalized spacial score (nSPS) is 12.5. The molecule has 0 fully saturated rings. The van der Waals surface area contributed by atoms with Gasteiger partial charge < -0.3 is 5.32 Å². The summed E-state index contributed by atoms with van der Waals surface area (Å²) in [6.07, 6.45) is -2.87. The van der Waals surface area contributed by atoms with Crippen LogP contribution >= 0.6 is 11.6 Å². The van der Waals surface area contributed by atoms with Gasteiger partial charge in [0.05, 0.1) is 10.5 Å². The molecular formula is C15H9ClF3N3O2S. The predicted octanol–water partition coefficient (Wildman–Crippen LogP) is 4.00. The summed E-state index contributed by atoms with van der Waals surface area (Å²) in [5.41, 5.74) is -0.961. The quantitative estimate of drug-likeness (QED) is 0.801. The Balaban J connectivity index is 2.32.